The van der Waals surface area contributed by atoms with Gasteiger partial charge in [0.1, 0.15) is 17.8 Å². The molecule has 1 aliphatic heterocycles. The van der Waals surface area contributed by atoms with Crippen molar-refractivity contribution < 1.29 is 23.0 Å². The van der Waals surface area contributed by atoms with Crippen LogP contribution < -0.4 is 14.4 Å². The molecule has 6 nitrogen and oxygen atoms in total. The van der Waals surface area contributed by atoms with Crippen LogP contribution in [0.5, 0.6) is 11.6 Å². The molecule has 0 bridgehead atoms. The monoisotopic (exact) mass is 335 g/mol. The summed E-state index contributed by atoms with van der Waals surface area (Å²) < 4.78 is 34.9. The van der Waals surface area contributed by atoms with Crippen LogP contribution in [0, 0.1) is 0 Å². The summed E-state index contributed by atoms with van der Waals surface area (Å²) in [6.07, 6.45) is 2.63. The zero-order valence-corrected chi connectivity index (χ0v) is 12.9. The number of aromatic nitrogens is 2. The molecule has 2 aromatic rings. The van der Waals surface area contributed by atoms with Gasteiger partial charge >= 0.3 is 6.61 Å². The van der Waals surface area contributed by atoms with Crippen LogP contribution in [-0.4, -0.2) is 36.1 Å². The zero-order chi connectivity index (χ0) is 17.1. The largest absolute Gasteiger partial charge is 0.481 e. The van der Waals surface area contributed by atoms with E-state index in [1.807, 2.05) is 0 Å². The van der Waals surface area contributed by atoms with Crippen LogP contribution in [0.4, 0.5) is 14.5 Å². The Morgan fingerprint density at radius 2 is 2.17 bits per heavy atom. The number of ether oxygens (including phenoxy) is 2. The molecule has 1 aromatic heterocycles. The number of amides is 1. The van der Waals surface area contributed by atoms with Crippen LogP contribution in [0.1, 0.15) is 22.5 Å². The van der Waals surface area contributed by atoms with Crippen LogP contribution in [0.3, 0.4) is 0 Å². The van der Waals surface area contributed by atoms with Gasteiger partial charge in [0.25, 0.3) is 5.91 Å². The topological polar surface area (TPSA) is 64.5 Å². The SMILES string of the molecule is COc1cc(C(=O)N2CCCc3cccc(OC(F)F)c32)ncn1. The van der Waals surface area contributed by atoms with Gasteiger partial charge in [0.2, 0.25) is 5.88 Å². The second-order valence-electron chi connectivity index (χ2n) is 5.15. The van der Waals surface area contributed by atoms with Crippen LogP contribution in [0.2, 0.25) is 0 Å². The highest BCUT2D eigenvalue weighted by Crippen LogP contribution is 2.37. The van der Waals surface area contributed by atoms with Crippen molar-refractivity contribution >= 4 is 11.6 Å². The quantitative estimate of drug-likeness (QED) is 0.859. The fourth-order valence-electron chi connectivity index (χ4n) is 2.72. The maximum Gasteiger partial charge on any atom is 0.387 e. The van der Waals surface area contributed by atoms with Crippen molar-refractivity contribution in [2.24, 2.45) is 0 Å². The number of carbonyl (C=O) groups is 1. The van der Waals surface area contributed by atoms with E-state index >= 15 is 0 Å². The molecule has 3 rings (SSSR count). The van der Waals surface area contributed by atoms with Gasteiger partial charge in [-0.2, -0.15) is 8.78 Å². The minimum absolute atomic E-state index is 0.0171. The number of fused-ring (bicyclic) bond motifs is 1. The molecule has 0 unspecified atom stereocenters. The number of nitrogens with zero attached hydrogens (tertiary/aromatic N) is 3. The summed E-state index contributed by atoms with van der Waals surface area (Å²) in [7, 11) is 1.43. The van der Waals surface area contributed by atoms with E-state index in [0.29, 0.717) is 18.7 Å². The van der Waals surface area contributed by atoms with E-state index in [2.05, 4.69) is 14.7 Å². The Balaban J connectivity index is 2.00. The summed E-state index contributed by atoms with van der Waals surface area (Å²) in [6.45, 7) is -2.57. The van der Waals surface area contributed by atoms with Gasteiger partial charge < -0.3 is 14.4 Å². The van der Waals surface area contributed by atoms with Crippen molar-refractivity contribution in [2.75, 3.05) is 18.6 Å². The molecule has 126 valence electrons. The summed E-state index contributed by atoms with van der Waals surface area (Å²) >= 11 is 0. The number of alkyl halides is 2. The summed E-state index contributed by atoms with van der Waals surface area (Å²) in [5, 5.41) is 0. The zero-order valence-electron chi connectivity index (χ0n) is 12.9. The molecular weight excluding hydrogens is 320 g/mol. The summed E-state index contributed by atoms with van der Waals surface area (Å²) in [6, 6.07) is 6.27. The molecule has 2 heterocycles. The third kappa shape index (κ3) is 3.12. The molecule has 1 aliphatic rings. The van der Waals surface area contributed by atoms with Crippen LogP contribution in [-0.2, 0) is 6.42 Å². The highest BCUT2D eigenvalue weighted by Gasteiger charge is 2.28. The molecule has 0 spiro atoms. The van der Waals surface area contributed by atoms with E-state index < -0.39 is 12.5 Å². The maximum absolute atomic E-state index is 12.8. The highest BCUT2D eigenvalue weighted by molar-refractivity contribution is 6.06. The van der Waals surface area contributed by atoms with Gasteiger partial charge in [-0.15, -0.1) is 0 Å². The van der Waals surface area contributed by atoms with Crippen molar-refractivity contribution in [1.29, 1.82) is 0 Å². The van der Waals surface area contributed by atoms with Crippen molar-refractivity contribution in [1.82, 2.24) is 9.97 Å². The number of anilines is 1. The number of benzene rings is 1. The lowest BCUT2D eigenvalue weighted by Crippen LogP contribution is -2.36. The van der Waals surface area contributed by atoms with Crippen molar-refractivity contribution in [2.45, 2.75) is 19.5 Å². The molecule has 0 saturated carbocycles. The Morgan fingerprint density at radius 1 is 1.33 bits per heavy atom. The van der Waals surface area contributed by atoms with E-state index in [1.165, 1.54) is 30.5 Å². The Kier molecular flexibility index (Phi) is 4.54. The van der Waals surface area contributed by atoms with Crippen molar-refractivity contribution in [3.05, 3.63) is 41.9 Å². The Morgan fingerprint density at radius 3 is 2.92 bits per heavy atom. The van der Waals surface area contributed by atoms with Gasteiger partial charge in [-0.3, -0.25) is 4.79 Å². The molecule has 1 amide bonds. The van der Waals surface area contributed by atoms with E-state index in [0.717, 1.165) is 12.0 Å². The Labute approximate surface area is 137 Å². The molecule has 0 radical (unpaired) electrons. The summed E-state index contributed by atoms with van der Waals surface area (Å²) in [5.41, 5.74) is 1.28. The minimum Gasteiger partial charge on any atom is -0.481 e. The lowest BCUT2D eigenvalue weighted by atomic mass is 10.0. The van der Waals surface area contributed by atoms with Gasteiger partial charge in [0, 0.05) is 12.6 Å². The number of halogens is 2. The third-order valence-corrected chi connectivity index (χ3v) is 3.71. The molecule has 0 atom stereocenters. The molecule has 0 aliphatic carbocycles. The standard InChI is InChI=1S/C16H15F2N3O3/c1-23-13-8-11(19-9-20-13)15(22)21-7-3-5-10-4-2-6-12(14(10)21)24-16(17)18/h2,4,6,8-9,16H,3,5,7H2,1H3. The lowest BCUT2D eigenvalue weighted by Gasteiger charge is -2.30. The second kappa shape index (κ2) is 6.77. The number of hydrogen-bond acceptors (Lipinski definition) is 5. The molecule has 0 N–H and O–H groups in total. The first-order valence-electron chi connectivity index (χ1n) is 7.34. The molecule has 24 heavy (non-hydrogen) atoms. The summed E-state index contributed by atoms with van der Waals surface area (Å²) in [5.74, 6) is -0.179. The van der Waals surface area contributed by atoms with E-state index in [4.69, 9.17) is 4.74 Å². The van der Waals surface area contributed by atoms with Gasteiger partial charge in [-0.05, 0) is 24.5 Å². The van der Waals surface area contributed by atoms with E-state index in [1.54, 1.807) is 12.1 Å². The first kappa shape index (κ1) is 16.1. The number of para-hydroxylation sites is 1. The Bertz CT molecular complexity index is 755. The summed E-state index contributed by atoms with van der Waals surface area (Å²) in [4.78, 5) is 22.0. The smallest absolute Gasteiger partial charge is 0.387 e. The van der Waals surface area contributed by atoms with Crippen LogP contribution >= 0.6 is 0 Å². The van der Waals surface area contributed by atoms with Crippen molar-refractivity contribution in [3.8, 4) is 11.6 Å². The normalized spacial score (nSPS) is 13.6. The van der Waals surface area contributed by atoms with Crippen molar-refractivity contribution in [3.63, 3.8) is 0 Å². The average Bonchev–Trinajstić information content (AvgIpc) is 2.60. The minimum atomic E-state index is -2.96. The fraction of sp³-hybridized carbons (Fsp3) is 0.312. The van der Waals surface area contributed by atoms with Gasteiger partial charge in [0.15, 0.2) is 0 Å². The average molecular weight is 335 g/mol. The van der Waals surface area contributed by atoms with Gasteiger partial charge in [0.05, 0.1) is 12.8 Å². The van der Waals surface area contributed by atoms with Crippen LogP contribution in [0.25, 0.3) is 0 Å². The second-order valence-corrected chi connectivity index (χ2v) is 5.15. The molecular formula is C16H15F2N3O3. The molecule has 8 heteroatoms. The van der Waals surface area contributed by atoms with Crippen LogP contribution in [0.15, 0.2) is 30.6 Å². The number of hydrogen-bond donors (Lipinski definition) is 0. The fourth-order valence-corrected chi connectivity index (χ4v) is 2.72. The molecule has 0 saturated heterocycles. The first-order valence-corrected chi connectivity index (χ1v) is 7.34. The number of carbonyl (C=O) groups excluding carboxylic acids is 1. The van der Waals surface area contributed by atoms with E-state index in [-0.39, 0.29) is 17.3 Å². The predicted octanol–water partition coefficient (Wildman–Crippen LogP) is 2.68. The number of methoxy groups -OCH3 is 1. The maximum atomic E-state index is 12.8. The molecule has 0 fully saturated rings. The van der Waals surface area contributed by atoms with Gasteiger partial charge in [-0.25, -0.2) is 9.97 Å². The molecule has 1 aromatic carbocycles. The Hall–Kier alpha value is -2.77. The third-order valence-electron chi connectivity index (χ3n) is 3.71. The number of aryl methyl sites for hydroxylation is 1. The highest BCUT2D eigenvalue weighted by atomic mass is 19.3. The first-order chi connectivity index (χ1) is 11.6. The lowest BCUT2D eigenvalue weighted by molar-refractivity contribution is -0.0495. The number of rotatable bonds is 4. The van der Waals surface area contributed by atoms with E-state index in [9.17, 15) is 13.6 Å². The predicted molar refractivity (Wildman–Crippen MR) is 81.7 cm³/mol. The van der Waals surface area contributed by atoms with Gasteiger partial charge in [-0.1, -0.05) is 12.1 Å².